The number of aromatic nitrogens is 2. The second kappa shape index (κ2) is 9.98. The van der Waals surface area contributed by atoms with Crippen molar-refractivity contribution in [1.29, 1.82) is 0 Å². The Labute approximate surface area is 194 Å². The minimum Gasteiger partial charge on any atom is -0.497 e. The molecule has 2 heterocycles. The van der Waals surface area contributed by atoms with Gasteiger partial charge in [-0.25, -0.2) is 14.4 Å². The molecule has 0 unspecified atom stereocenters. The predicted molar refractivity (Wildman–Crippen MR) is 124 cm³/mol. The first-order chi connectivity index (χ1) is 16.5. The molecule has 0 radical (unpaired) electrons. The Hall–Kier alpha value is -4.48. The lowest BCUT2D eigenvalue weighted by molar-refractivity contribution is -0.383. The molecule has 0 atom stereocenters. The van der Waals surface area contributed by atoms with Crippen LogP contribution in [-0.4, -0.2) is 54.1 Å². The summed E-state index contributed by atoms with van der Waals surface area (Å²) in [5.41, 5.74) is 5.85. The van der Waals surface area contributed by atoms with Crippen molar-refractivity contribution in [2.75, 3.05) is 48.5 Å². The standard InChI is InChI=1S/C22H22FN7O4/c1-34-18-8-2-15(3-9-18)22(31)27-26-20-19(30(32)33)21(25-14-24-20)29-12-10-28(11-13-29)17-6-4-16(23)5-7-17/h2-9,14H,10-13H2,1H3,(H,27,31)(H,24,25,26). The van der Waals surface area contributed by atoms with Gasteiger partial charge in [0, 0.05) is 37.4 Å². The van der Waals surface area contributed by atoms with Gasteiger partial charge in [0.1, 0.15) is 17.9 Å². The van der Waals surface area contributed by atoms with Crippen LogP contribution in [0.5, 0.6) is 5.75 Å². The van der Waals surface area contributed by atoms with Gasteiger partial charge in [0.15, 0.2) is 0 Å². The summed E-state index contributed by atoms with van der Waals surface area (Å²) >= 11 is 0. The first-order valence-corrected chi connectivity index (χ1v) is 10.4. The van der Waals surface area contributed by atoms with Crippen molar-refractivity contribution in [3.05, 3.63) is 76.4 Å². The van der Waals surface area contributed by atoms with Crippen LogP contribution in [0.3, 0.4) is 0 Å². The number of anilines is 3. The van der Waals surface area contributed by atoms with Gasteiger partial charge in [0.2, 0.25) is 11.6 Å². The summed E-state index contributed by atoms with van der Waals surface area (Å²) in [5, 5.41) is 11.9. The molecular weight excluding hydrogens is 445 g/mol. The molecule has 1 saturated heterocycles. The van der Waals surface area contributed by atoms with E-state index in [0.29, 0.717) is 37.5 Å². The second-order valence-corrected chi connectivity index (χ2v) is 7.41. The molecule has 1 aliphatic rings. The molecule has 0 spiro atoms. The fourth-order valence-corrected chi connectivity index (χ4v) is 3.62. The minimum atomic E-state index is -0.580. The van der Waals surface area contributed by atoms with Crippen molar-refractivity contribution in [2.45, 2.75) is 0 Å². The predicted octanol–water partition coefficient (Wildman–Crippen LogP) is 2.62. The third-order valence-corrected chi connectivity index (χ3v) is 5.40. The molecule has 1 fully saturated rings. The molecule has 1 aliphatic heterocycles. The molecule has 0 aliphatic carbocycles. The maximum absolute atomic E-state index is 13.2. The zero-order valence-electron chi connectivity index (χ0n) is 18.3. The third kappa shape index (κ3) is 4.95. The molecule has 11 nitrogen and oxygen atoms in total. The van der Waals surface area contributed by atoms with Crippen LogP contribution in [-0.2, 0) is 0 Å². The van der Waals surface area contributed by atoms with Gasteiger partial charge in [0.05, 0.1) is 12.0 Å². The highest BCUT2D eigenvalue weighted by molar-refractivity contribution is 5.95. The summed E-state index contributed by atoms with van der Waals surface area (Å²) in [7, 11) is 1.52. The van der Waals surface area contributed by atoms with E-state index < -0.39 is 10.8 Å². The number of nitrogens with zero attached hydrogens (tertiary/aromatic N) is 5. The van der Waals surface area contributed by atoms with Gasteiger partial charge in [0.25, 0.3) is 5.91 Å². The molecule has 2 aromatic carbocycles. The number of nitrogens with one attached hydrogen (secondary N) is 2. The summed E-state index contributed by atoms with van der Waals surface area (Å²) < 4.78 is 18.3. The number of carbonyl (C=O) groups is 1. The number of methoxy groups -OCH3 is 1. The van der Waals surface area contributed by atoms with E-state index in [2.05, 4.69) is 25.7 Å². The van der Waals surface area contributed by atoms with Crippen LogP contribution in [0.25, 0.3) is 0 Å². The number of benzene rings is 2. The van der Waals surface area contributed by atoms with Gasteiger partial charge in [-0.2, -0.15) is 0 Å². The maximum atomic E-state index is 13.2. The average molecular weight is 467 g/mol. The fraction of sp³-hybridized carbons (Fsp3) is 0.227. The van der Waals surface area contributed by atoms with E-state index in [0.717, 1.165) is 5.69 Å². The zero-order valence-corrected chi connectivity index (χ0v) is 18.3. The van der Waals surface area contributed by atoms with E-state index in [4.69, 9.17) is 4.74 Å². The Bertz CT molecular complexity index is 1170. The van der Waals surface area contributed by atoms with Crippen molar-refractivity contribution in [2.24, 2.45) is 0 Å². The van der Waals surface area contributed by atoms with Gasteiger partial charge in [-0.15, -0.1) is 0 Å². The number of carbonyl (C=O) groups excluding carboxylic acids is 1. The van der Waals surface area contributed by atoms with Crippen LogP contribution in [0.4, 0.5) is 27.4 Å². The highest BCUT2D eigenvalue weighted by atomic mass is 19.1. The smallest absolute Gasteiger partial charge is 0.355 e. The summed E-state index contributed by atoms with van der Waals surface area (Å²) in [5.74, 6) is -0.180. The Morgan fingerprint density at radius 1 is 1.03 bits per heavy atom. The number of halogens is 1. The number of nitro groups is 1. The molecule has 3 aromatic rings. The van der Waals surface area contributed by atoms with Crippen LogP contribution in [0.15, 0.2) is 54.9 Å². The van der Waals surface area contributed by atoms with E-state index in [1.807, 2.05) is 0 Å². The Morgan fingerprint density at radius 3 is 2.29 bits per heavy atom. The van der Waals surface area contributed by atoms with E-state index in [9.17, 15) is 19.3 Å². The zero-order chi connectivity index (χ0) is 24.1. The van der Waals surface area contributed by atoms with Crippen molar-refractivity contribution >= 4 is 28.9 Å². The summed E-state index contributed by atoms with van der Waals surface area (Å²) in [4.78, 5) is 35.6. The number of ether oxygens (including phenoxy) is 1. The molecule has 34 heavy (non-hydrogen) atoms. The van der Waals surface area contributed by atoms with Gasteiger partial charge in [-0.3, -0.25) is 25.8 Å². The molecule has 0 bridgehead atoms. The quantitative estimate of drug-likeness (QED) is 0.398. The lowest BCUT2D eigenvalue weighted by Crippen LogP contribution is -2.47. The van der Waals surface area contributed by atoms with E-state index in [1.54, 1.807) is 41.3 Å². The Morgan fingerprint density at radius 2 is 1.68 bits per heavy atom. The number of hydrazine groups is 1. The summed E-state index contributed by atoms with van der Waals surface area (Å²) in [6, 6.07) is 12.6. The normalized spacial score (nSPS) is 13.4. The second-order valence-electron chi connectivity index (χ2n) is 7.41. The fourth-order valence-electron chi connectivity index (χ4n) is 3.62. The van der Waals surface area contributed by atoms with Crippen LogP contribution in [0, 0.1) is 15.9 Å². The van der Waals surface area contributed by atoms with Crippen molar-refractivity contribution in [3.63, 3.8) is 0 Å². The third-order valence-electron chi connectivity index (χ3n) is 5.40. The van der Waals surface area contributed by atoms with Gasteiger partial charge < -0.3 is 14.5 Å². The topological polar surface area (TPSA) is 126 Å². The van der Waals surface area contributed by atoms with Crippen LogP contribution < -0.4 is 25.4 Å². The molecule has 1 amide bonds. The highest BCUT2D eigenvalue weighted by Crippen LogP contribution is 2.32. The van der Waals surface area contributed by atoms with Gasteiger partial charge >= 0.3 is 5.69 Å². The molecule has 2 N–H and O–H groups in total. The molecule has 0 saturated carbocycles. The average Bonchev–Trinajstić information content (AvgIpc) is 2.87. The van der Waals surface area contributed by atoms with Crippen molar-refractivity contribution < 1.29 is 18.8 Å². The van der Waals surface area contributed by atoms with Crippen molar-refractivity contribution in [3.8, 4) is 5.75 Å². The van der Waals surface area contributed by atoms with E-state index >= 15 is 0 Å². The first kappa shape index (κ1) is 22.7. The van der Waals surface area contributed by atoms with Crippen molar-refractivity contribution in [1.82, 2.24) is 15.4 Å². The van der Waals surface area contributed by atoms with Gasteiger partial charge in [-0.05, 0) is 48.5 Å². The number of hydrogen-bond acceptors (Lipinski definition) is 9. The number of piperazine rings is 1. The number of rotatable bonds is 7. The van der Waals surface area contributed by atoms with E-state index in [-0.39, 0.29) is 23.1 Å². The summed E-state index contributed by atoms with van der Waals surface area (Å²) in [6.07, 6.45) is 1.20. The lowest BCUT2D eigenvalue weighted by atomic mass is 10.2. The van der Waals surface area contributed by atoms with Crippen LogP contribution in [0.1, 0.15) is 10.4 Å². The SMILES string of the molecule is COc1ccc(C(=O)NNc2ncnc(N3CCN(c4ccc(F)cc4)CC3)c2[N+](=O)[O-])cc1. The van der Waals surface area contributed by atoms with E-state index in [1.165, 1.54) is 25.6 Å². The first-order valence-electron chi connectivity index (χ1n) is 10.4. The summed E-state index contributed by atoms with van der Waals surface area (Å²) in [6.45, 7) is 2.08. The Kier molecular flexibility index (Phi) is 6.67. The molecule has 176 valence electrons. The molecular formula is C22H22FN7O4. The number of amides is 1. The maximum Gasteiger partial charge on any atom is 0.355 e. The van der Waals surface area contributed by atoms with Gasteiger partial charge in [-0.1, -0.05) is 0 Å². The monoisotopic (exact) mass is 467 g/mol. The highest BCUT2D eigenvalue weighted by Gasteiger charge is 2.29. The molecule has 4 rings (SSSR count). The molecule has 12 heteroatoms. The lowest BCUT2D eigenvalue weighted by Gasteiger charge is -2.36. The largest absolute Gasteiger partial charge is 0.497 e. The Balaban J connectivity index is 1.46. The number of hydrogen-bond donors (Lipinski definition) is 2. The van der Waals surface area contributed by atoms with Crippen LogP contribution >= 0.6 is 0 Å². The van der Waals surface area contributed by atoms with Crippen LogP contribution in [0.2, 0.25) is 0 Å². The minimum absolute atomic E-state index is 0.127. The molecule has 1 aromatic heterocycles.